The van der Waals surface area contributed by atoms with Crippen LogP contribution in [0, 0.1) is 0 Å². The summed E-state index contributed by atoms with van der Waals surface area (Å²) < 4.78 is 0. The van der Waals surface area contributed by atoms with Crippen molar-refractivity contribution in [3.05, 3.63) is 55.5 Å². The number of nitrogens with one attached hydrogen (secondary N) is 2. The summed E-state index contributed by atoms with van der Waals surface area (Å²) in [5.74, 6) is -0.0283. The Hall–Kier alpha value is -0.880. The number of likely N-dealkylation sites (N-methyl/N-ethyl adjacent to an activating group) is 2. The van der Waals surface area contributed by atoms with Gasteiger partial charge in [-0.3, -0.25) is 0 Å². The van der Waals surface area contributed by atoms with E-state index in [4.69, 9.17) is 46.4 Å². The fourth-order valence-corrected chi connectivity index (χ4v) is 4.37. The van der Waals surface area contributed by atoms with Crippen molar-refractivity contribution in [3.8, 4) is 11.5 Å². The van der Waals surface area contributed by atoms with Crippen LogP contribution >= 0.6 is 46.4 Å². The van der Waals surface area contributed by atoms with Gasteiger partial charge in [-0.05, 0) is 37.4 Å². The van der Waals surface area contributed by atoms with Gasteiger partial charge in [0.15, 0.2) is 0 Å². The quantitative estimate of drug-likeness (QED) is 0.447. The summed E-state index contributed by atoms with van der Waals surface area (Å²) in [5.41, 5.74) is 1.25. The Morgan fingerprint density at radius 2 is 0.962 bits per heavy atom. The SMILES string of the molecule is CCN[C@@H](c1c(Cl)cc(O)cc1Cl)[C@@H](NCC)c1c(Cl)cc(O)cc1Cl. The highest BCUT2D eigenvalue weighted by Crippen LogP contribution is 2.43. The minimum Gasteiger partial charge on any atom is -0.508 e. The van der Waals surface area contributed by atoms with Crippen LogP contribution in [0.3, 0.4) is 0 Å². The molecule has 0 fully saturated rings. The van der Waals surface area contributed by atoms with Crippen LogP contribution in [0.1, 0.15) is 37.1 Å². The Balaban J connectivity index is 2.65. The number of benzene rings is 2. The highest BCUT2D eigenvalue weighted by atomic mass is 35.5. The molecular weight excluding hydrogens is 418 g/mol. The van der Waals surface area contributed by atoms with Gasteiger partial charge < -0.3 is 20.8 Å². The van der Waals surface area contributed by atoms with Gasteiger partial charge in [-0.15, -0.1) is 0 Å². The van der Waals surface area contributed by atoms with E-state index in [0.717, 1.165) is 0 Å². The first-order valence-corrected chi connectivity index (χ1v) is 9.63. The van der Waals surface area contributed by atoms with Crippen molar-refractivity contribution in [3.63, 3.8) is 0 Å². The summed E-state index contributed by atoms with van der Waals surface area (Å²) in [4.78, 5) is 0. The first kappa shape index (κ1) is 21.4. The number of aromatic hydroxyl groups is 2. The van der Waals surface area contributed by atoms with E-state index in [1.165, 1.54) is 24.3 Å². The normalized spacial score (nSPS) is 13.6. The molecule has 4 N–H and O–H groups in total. The second-order valence-corrected chi connectivity index (χ2v) is 7.35. The van der Waals surface area contributed by atoms with Crippen LogP contribution in [0.4, 0.5) is 0 Å². The third kappa shape index (κ3) is 4.69. The zero-order chi connectivity index (χ0) is 19.4. The molecule has 2 aromatic rings. The van der Waals surface area contributed by atoms with Gasteiger partial charge in [0.05, 0.1) is 32.2 Å². The first-order valence-electron chi connectivity index (χ1n) is 8.12. The van der Waals surface area contributed by atoms with Gasteiger partial charge in [-0.2, -0.15) is 0 Å². The Bertz CT molecular complexity index is 674. The van der Waals surface area contributed by atoms with Gasteiger partial charge in [-0.25, -0.2) is 0 Å². The van der Waals surface area contributed by atoms with Gasteiger partial charge in [0.2, 0.25) is 0 Å². The molecule has 0 aliphatic rings. The Morgan fingerprint density at radius 1 is 0.692 bits per heavy atom. The van der Waals surface area contributed by atoms with E-state index in [9.17, 15) is 10.2 Å². The molecule has 0 bridgehead atoms. The van der Waals surface area contributed by atoms with Crippen LogP contribution in [0.2, 0.25) is 20.1 Å². The third-order valence-corrected chi connectivity index (χ3v) is 5.18. The molecule has 0 heterocycles. The molecule has 0 saturated heterocycles. The van der Waals surface area contributed by atoms with Crippen molar-refractivity contribution in [1.29, 1.82) is 0 Å². The summed E-state index contributed by atoms with van der Waals surface area (Å²) in [6, 6.07) is 5.01. The summed E-state index contributed by atoms with van der Waals surface area (Å²) >= 11 is 25.5. The van der Waals surface area contributed by atoms with Gasteiger partial charge in [-0.1, -0.05) is 60.3 Å². The van der Waals surface area contributed by atoms with E-state index in [1.807, 2.05) is 13.8 Å². The molecule has 26 heavy (non-hydrogen) atoms. The minimum absolute atomic E-state index is 0.0142. The van der Waals surface area contributed by atoms with Crippen molar-refractivity contribution >= 4 is 46.4 Å². The van der Waals surface area contributed by atoms with E-state index in [1.54, 1.807) is 0 Å². The lowest BCUT2D eigenvalue weighted by molar-refractivity contribution is 0.397. The van der Waals surface area contributed by atoms with Crippen molar-refractivity contribution < 1.29 is 10.2 Å². The molecule has 8 heteroatoms. The first-order chi connectivity index (χ1) is 12.3. The molecule has 2 aromatic carbocycles. The molecule has 2 atom stereocenters. The number of hydrogen-bond acceptors (Lipinski definition) is 4. The standard InChI is InChI=1S/C18H20Cl4N2O2/c1-3-23-17(15-11(19)5-9(25)6-12(15)20)18(24-4-2)16-13(21)7-10(26)8-14(16)22/h5-8,17-18,23-26H,3-4H2,1-2H3/t17-,18-/m0/s1. The molecule has 0 aromatic heterocycles. The maximum atomic E-state index is 9.73. The fourth-order valence-electron chi connectivity index (χ4n) is 2.95. The van der Waals surface area contributed by atoms with Crippen LogP contribution in [-0.4, -0.2) is 23.3 Å². The monoisotopic (exact) mass is 436 g/mol. The topological polar surface area (TPSA) is 64.5 Å². The molecule has 0 aliphatic carbocycles. The predicted molar refractivity (Wildman–Crippen MR) is 109 cm³/mol. The van der Waals surface area contributed by atoms with Crippen LogP contribution < -0.4 is 10.6 Å². The van der Waals surface area contributed by atoms with Crippen LogP contribution in [0.15, 0.2) is 24.3 Å². The molecular formula is C18H20Cl4N2O2. The molecule has 0 unspecified atom stereocenters. The molecule has 0 spiro atoms. The second kappa shape index (κ2) is 9.36. The van der Waals surface area contributed by atoms with Crippen LogP contribution in [-0.2, 0) is 0 Å². The van der Waals surface area contributed by atoms with Gasteiger partial charge in [0.1, 0.15) is 11.5 Å². The molecule has 2 rings (SSSR count). The Morgan fingerprint density at radius 3 is 1.19 bits per heavy atom. The zero-order valence-electron chi connectivity index (χ0n) is 14.3. The molecule has 0 radical (unpaired) electrons. The lowest BCUT2D eigenvalue weighted by Crippen LogP contribution is -2.36. The predicted octanol–water partition coefficient (Wildman–Crippen LogP) is 5.71. The van der Waals surface area contributed by atoms with Crippen molar-refractivity contribution in [2.45, 2.75) is 25.9 Å². The van der Waals surface area contributed by atoms with Gasteiger partial charge in [0.25, 0.3) is 0 Å². The van der Waals surface area contributed by atoms with Crippen molar-refractivity contribution in [2.75, 3.05) is 13.1 Å². The maximum absolute atomic E-state index is 9.73. The largest absolute Gasteiger partial charge is 0.508 e. The Labute approximate surface area is 173 Å². The summed E-state index contributed by atoms with van der Waals surface area (Å²) in [6.45, 7) is 5.18. The van der Waals surface area contributed by atoms with E-state index in [-0.39, 0.29) is 23.6 Å². The highest BCUT2D eigenvalue weighted by molar-refractivity contribution is 6.37. The summed E-state index contributed by atoms with van der Waals surface area (Å²) in [7, 11) is 0. The smallest absolute Gasteiger partial charge is 0.118 e. The van der Waals surface area contributed by atoms with Crippen molar-refractivity contribution in [2.24, 2.45) is 0 Å². The number of rotatable bonds is 7. The van der Waals surface area contributed by atoms with E-state index >= 15 is 0 Å². The fraction of sp³-hybridized carbons (Fsp3) is 0.333. The van der Waals surface area contributed by atoms with Gasteiger partial charge >= 0.3 is 0 Å². The van der Waals surface area contributed by atoms with E-state index in [2.05, 4.69) is 10.6 Å². The number of phenolic OH excluding ortho intramolecular Hbond substituents is 2. The lowest BCUT2D eigenvalue weighted by atomic mass is 9.92. The molecule has 142 valence electrons. The minimum atomic E-state index is -0.375. The molecule has 4 nitrogen and oxygen atoms in total. The average molecular weight is 438 g/mol. The maximum Gasteiger partial charge on any atom is 0.118 e. The number of phenols is 2. The molecule has 0 amide bonds. The summed E-state index contributed by atoms with van der Waals surface area (Å²) in [5, 5.41) is 27.5. The summed E-state index contributed by atoms with van der Waals surface area (Å²) in [6.07, 6.45) is 0. The zero-order valence-corrected chi connectivity index (χ0v) is 17.3. The van der Waals surface area contributed by atoms with Gasteiger partial charge in [0, 0.05) is 11.1 Å². The third-order valence-electron chi connectivity index (χ3n) is 3.93. The number of halogens is 4. The van der Waals surface area contributed by atoms with E-state index in [0.29, 0.717) is 44.3 Å². The highest BCUT2D eigenvalue weighted by Gasteiger charge is 2.31. The Kier molecular flexibility index (Phi) is 7.71. The average Bonchev–Trinajstić information content (AvgIpc) is 2.51. The molecule has 0 aliphatic heterocycles. The van der Waals surface area contributed by atoms with Crippen molar-refractivity contribution in [1.82, 2.24) is 10.6 Å². The lowest BCUT2D eigenvalue weighted by Gasteiger charge is -2.32. The number of hydrogen-bond donors (Lipinski definition) is 4. The molecule has 0 saturated carbocycles. The second-order valence-electron chi connectivity index (χ2n) is 5.72. The van der Waals surface area contributed by atoms with E-state index < -0.39 is 0 Å². The van der Waals surface area contributed by atoms with Crippen LogP contribution in [0.25, 0.3) is 0 Å². The van der Waals surface area contributed by atoms with Crippen LogP contribution in [0.5, 0.6) is 11.5 Å².